The van der Waals surface area contributed by atoms with Gasteiger partial charge in [-0.25, -0.2) is 4.98 Å². The highest BCUT2D eigenvalue weighted by Gasteiger charge is 2.20. The Hall–Kier alpha value is -2.68. The second kappa shape index (κ2) is 6.18. The van der Waals surface area contributed by atoms with E-state index in [0.717, 1.165) is 0 Å². The Morgan fingerprint density at radius 3 is 2.71 bits per heavy atom. The molecule has 0 amide bonds. The topological polar surface area (TPSA) is 124 Å². The largest absolute Gasteiger partial charge is 0.438 e. The second-order valence-electron chi connectivity index (χ2n) is 3.79. The molecule has 0 atom stereocenters. The average molecular weight is 353 g/mol. The third-order valence-corrected chi connectivity index (χ3v) is 3.10. The molecule has 0 fully saturated rings. The average Bonchev–Trinajstić information content (AvgIpc) is 2.48. The Kier molecular flexibility index (Phi) is 4.33. The molecule has 1 aromatic heterocycles. The summed E-state index contributed by atoms with van der Waals surface area (Å²) in [6.45, 7) is 0. The first-order chi connectivity index (χ1) is 10.0. The lowest BCUT2D eigenvalue weighted by molar-refractivity contribution is -0.385. The van der Waals surface area contributed by atoms with Crippen molar-refractivity contribution in [3.63, 3.8) is 0 Å². The quantitative estimate of drug-likeness (QED) is 0.286. The minimum absolute atomic E-state index is 0.0779. The van der Waals surface area contributed by atoms with Gasteiger partial charge in [0.1, 0.15) is 5.75 Å². The van der Waals surface area contributed by atoms with Crippen LogP contribution in [0.4, 0.5) is 5.69 Å². The fourth-order valence-electron chi connectivity index (χ4n) is 1.51. The molecule has 0 saturated carbocycles. The fraction of sp³-hybridized carbons (Fsp3) is 0. The number of nitrogens with zero attached hydrogens (tertiary/aromatic N) is 3. The molecule has 0 radical (unpaired) electrons. The number of aromatic nitrogens is 1. The number of hydrogen-bond donors (Lipinski definition) is 2. The minimum Gasteiger partial charge on any atom is -0.438 e. The van der Waals surface area contributed by atoms with Crippen LogP contribution in [0.25, 0.3) is 0 Å². The van der Waals surface area contributed by atoms with Crippen molar-refractivity contribution in [1.82, 2.24) is 4.98 Å². The molecule has 0 bridgehead atoms. The number of oxime groups is 1. The van der Waals surface area contributed by atoms with Gasteiger partial charge < -0.3 is 15.7 Å². The van der Waals surface area contributed by atoms with Crippen LogP contribution in [-0.2, 0) is 0 Å². The molecule has 108 valence electrons. The summed E-state index contributed by atoms with van der Waals surface area (Å²) in [5, 5.41) is 22.3. The van der Waals surface area contributed by atoms with Crippen molar-refractivity contribution in [3.8, 4) is 11.6 Å². The van der Waals surface area contributed by atoms with Gasteiger partial charge in [-0.2, -0.15) is 0 Å². The number of para-hydroxylation sites is 1. The number of amidine groups is 1. The summed E-state index contributed by atoms with van der Waals surface area (Å²) >= 11 is 3.30. The van der Waals surface area contributed by atoms with E-state index in [0.29, 0.717) is 10.2 Å². The Morgan fingerprint density at radius 1 is 1.38 bits per heavy atom. The maximum Gasteiger partial charge on any atom is 0.299 e. The predicted octanol–water partition coefficient (Wildman–Crippen LogP) is 2.64. The molecule has 0 aliphatic rings. The number of rotatable bonds is 4. The summed E-state index contributed by atoms with van der Waals surface area (Å²) in [5.74, 6) is 0.0812. The molecule has 8 nitrogen and oxygen atoms in total. The Morgan fingerprint density at radius 2 is 2.10 bits per heavy atom. The summed E-state index contributed by atoms with van der Waals surface area (Å²) < 4.78 is 6.20. The first-order valence-corrected chi connectivity index (χ1v) is 6.38. The van der Waals surface area contributed by atoms with Crippen molar-refractivity contribution in [1.29, 1.82) is 0 Å². The first kappa shape index (κ1) is 14.7. The SMILES string of the molecule is N/C(=N/O)c1nc(Oc2ccccc2Br)ccc1[N+](=O)[O-]. The summed E-state index contributed by atoms with van der Waals surface area (Å²) in [5.41, 5.74) is 4.74. The van der Waals surface area contributed by atoms with Crippen molar-refractivity contribution in [2.24, 2.45) is 10.9 Å². The summed E-state index contributed by atoms with van der Waals surface area (Å²) in [6, 6.07) is 9.53. The normalized spacial score (nSPS) is 11.2. The molecule has 0 saturated heterocycles. The van der Waals surface area contributed by atoms with E-state index in [1.54, 1.807) is 18.2 Å². The third kappa shape index (κ3) is 3.26. The van der Waals surface area contributed by atoms with Crippen LogP contribution in [0, 0.1) is 10.1 Å². The van der Waals surface area contributed by atoms with Crippen LogP contribution in [-0.4, -0.2) is 21.0 Å². The molecule has 0 aliphatic heterocycles. The van der Waals surface area contributed by atoms with Crippen LogP contribution in [0.2, 0.25) is 0 Å². The van der Waals surface area contributed by atoms with Crippen molar-refractivity contribution in [2.75, 3.05) is 0 Å². The van der Waals surface area contributed by atoms with Crippen LogP contribution < -0.4 is 10.5 Å². The first-order valence-electron chi connectivity index (χ1n) is 5.58. The minimum atomic E-state index is -0.678. The molecule has 2 aromatic rings. The zero-order valence-electron chi connectivity index (χ0n) is 10.4. The van der Waals surface area contributed by atoms with Gasteiger partial charge in [0.25, 0.3) is 5.69 Å². The molecule has 9 heteroatoms. The second-order valence-corrected chi connectivity index (χ2v) is 4.65. The molecule has 0 aliphatic carbocycles. The number of pyridine rings is 1. The number of ether oxygens (including phenoxy) is 1. The Bertz CT molecular complexity index is 720. The number of benzene rings is 1. The highest BCUT2D eigenvalue weighted by atomic mass is 79.9. The summed E-state index contributed by atoms with van der Waals surface area (Å²) in [4.78, 5) is 14.1. The number of nitrogens with two attached hydrogens (primary N) is 1. The van der Waals surface area contributed by atoms with E-state index >= 15 is 0 Å². The fourth-order valence-corrected chi connectivity index (χ4v) is 1.88. The van der Waals surface area contributed by atoms with E-state index in [-0.39, 0.29) is 17.3 Å². The molecular formula is C12H9BrN4O4. The van der Waals surface area contributed by atoms with Gasteiger partial charge in [0, 0.05) is 12.1 Å². The standard InChI is InChI=1S/C12H9BrN4O4/c13-7-3-1-2-4-9(7)21-10-6-5-8(17(19)20)11(15-10)12(14)16-18/h1-6,18H,(H2,14,16). The van der Waals surface area contributed by atoms with Gasteiger partial charge in [-0.3, -0.25) is 10.1 Å². The summed E-state index contributed by atoms with van der Waals surface area (Å²) in [7, 11) is 0. The van der Waals surface area contributed by atoms with E-state index in [1.807, 2.05) is 6.07 Å². The number of halogens is 1. The van der Waals surface area contributed by atoms with Crippen LogP contribution in [0.15, 0.2) is 46.0 Å². The van der Waals surface area contributed by atoms with Gasteiger partial charge in [0.15, 0.2) is 11.5 Å². The molecule has 3 N–H and O–H groups in total. The van der Waals surface area contributed by atoms with E-state index < -0.39 is 10.8 Å². The lowest BCUT2D eigenvalue weighted by Crippen LogP contribution is -2.17. The van der Waals surface area contributed by atoms with Gasteiger partial charge in [-0.15, -0.1) is 0 Å². The van der Waals surface area contributed by atoms with Crippen molar-refractivity contribution < 1.29 is 14.9 Å². The van der Waals surface area contributed by atoms with Crippen LogP contribution in [0.1, 0.15) is 5.69 Å². The molecule has 0 unspecified atom stereocenters. The maximum absolute atomic E-state index is 10.9. The zero-order valence-corrected chi connectivity index (χ0v) is 12.0. The zero-order chi connectivity index (χ0) is 15.4. The van der Waals surface area contributed by atoms with Crippen LogP contribution in [0.5, 0.6) is 11.6 Å². The number of nitro groups is 1. The molecule has 21 heavy (non-hydrogen) atoms. The van der Waals surface area contributed by atoms with Gasteiger partial charge >= 0.3 is 0 Å². The Balaban J connectivity index is 2.43. The third-order valence-electron chi connectivity index (χ3n) is 2.45. The smallest absolute Gasteiger partial charge is 0.299 e. The van der Waals surface area contributed by atoms with Gasteiger partial charge in [0.2, 0.25) is 5.88 Å². The number of hydrogen-bond acceptors (Lipinski definition) is 6. The van der Waals surface area contributed by atoms with Gasteiger partial charge in [-0.05, 0) is 28.1 Å². The predicted molar refractivity (Wildman–Crippen MR) is 77.6 cm³/mol. The molecule has 1 aromatic carbocycles. The molecule has 0 spiro atoms. The maximum atomic E-state index is 10.9. The van der Waals surface area contributed by atoms with Crippen molar-refractivity contribution in [2.45, 2.75) is 0 Å². The van der Waals surface area contributed by atoms with E-state index in [1.165, 1.54) is 12.1 Å². The molecule has 1 heterocycles. The highest BCUT2D eigenvalue weighted by molar-refractivity contribution is 9.10. The van der Waals surface area contributed by atoms with E-state index in [4.69, 9.17) is 15.7 Å². The highest BCUT2D eigenvalue weighted by Crippen LogP contribution is 2.29. The molecule has 2 rings (SSSR count). The van der Waals surface area contributed by atoms with Crippen LogP contribution >= 0.6 is 15.9 Å². The lowest BCUT2D eigenvalue weighted by Gasteiger charge is -2.08. The van der Waals surface area contributed by atoms with E-state index in [9.17, 15) is 10.1 Å². The van der Waals surface area contributed by atoms with E-state index in [2.05, 4.69) is 26.1 Å². The van der Waals surface area contributed by atoms with Crippen molar-refractivity contribution in [3.05, 3.63) is 56.7 Å². The van der Waals surface area contributed by atoms with Gasteiger partial charge in [-0.1, -0.05) is 17.3 Å². The summed E-state index contributed by atoms with van der Waals surface area (Å²) in [6.07, 6.45) is 0. The van der Waals surface area contributed by atoms with Crippen molar-refractivity contribution >= 4 is 27.5 Å². The van der Waals surface area contributed by atoms with Gasteiger partial charge in [0.05, 0.1) is 9.40 Å². The monoisotopic (exact) mass is 352 g/mol. The lowest BCUT2D eigenvalue weighted by atomic mass is 10.3. The Labute approximate surface area is 127 Å². The molecular weight excluding hydrogens is 344 g/mol. The van der Waals surface area contributed by atoms with Crippen LogP contribution in [0.3, 0.4) is 0 Å².